The van der Waals surface area contributed by atoms with E-state index < -0.39 is 5.54 Å². The summed E-state index contributed by atoms with van der Waals surface area (Å²) < 4.78 is 0.931. The van der Waals surface area contributed by atoms with E-state index in [0.717, 1.165) is 36.2 Å². The first-order chi connectivity index (χ1) is 9.41. The molecule has 0 amide bonds. The minimum absolute atomic E-state index is 0.212. The summed E-state index contributed by atoms with van der Waals surface area (Å²) in [7, 11) is 0. The van der Waals surface area contributed by atoms with Crippen LogP contribution in [-0.4, -0.2) is 42.4 Å². The summed E-state index contributed by atoms with van der Waals surface area (Å²) in [6.07, 6.45) is 0.378. The molecule has 0 atom stereocenters. The SMILES string of the molecule is CC(C)(C(=O)Cc1ccc(Br)cc1Cl)N1CCNCC1. The molecule has 1 aliphatic heterocycles. The number of piperazine rings is 1. The quantitative estimate of drug-likeness (QED) is 0.897. The van der Waals surface area contributed by atoms with Crippen molar-refractivity contribution in [3.05, 3.63) is 33.3 Å². The van der Waals surface area contributed by atoms with Crippen LogP contribution in [0.1, 0.15) is 19.4 Å². The maximum Gasteiger partial charge on any atom is 0.156 e. The van der Waals surface area contributed by atoms with Gasteiger partial charge in [-0.15, -0.1) is 0 Å². The van der Waals surface area contributed by atoms with Crippen molar-refractivity contribution in [3.8, 4) is 0 Å². The Kier molecular flexibility index (Phi) is 5.24. The van der Waals surface area contributed by atoms with E-state index in [4.69, 9.17) is 11.6 Å². The molecule has 0 aliphatic carbocycles. The summed E-state index contributed by atoms with van der Waals surface area (Å²) in [5.74, 6) is 0.212. The summed E-state index contributed by atoms with van der Waals surface area (Å²) in [6.45, 7) is 7.71. The molecule has 0 unspecified atom stereocenters. The van der Waals surface area contributed by atoms with Gasteiger partial charge in [0.2, 0.25) is 0 Å². The van der Waals surface area contributed by atoms with Crippen molar-refractivity contribution in [1.82, 2.24) is 10.2 Å². The maximum absolute atomic E-state index is 12.6. The van der Waals surface area contributed by atoms with Crippen LogP contribution in [0.4, 0.5) is 0 Å². The van der Waals surface area contributed by atoms with E-state index in [-0.39, 0.29) is 5.78 Å². The number of carbonyl (C=O) groups excluding carboxylic acids is 1. The molecule has 5 heteroatoms. The number of rotatable bonds is 4. The van der Waals surface area contributed by atoms with Crippen LogP contribution in [-0.2, 0) is 11.2 Å². The average molecular weight is 360 g/mol. The van der Waals surface area contributed by atoms with Gasteiger partial charge in [-0.3, -0.25) is 9.69 Å². The van der Waals surface area contributed by atoms with Crippen molar-refractivity contribution >= 4 is 33.3 Å². The molecule has 1 aromatic rings. The zero-order valence-corrected chi connectivity index (χ0v) is 14.2. The lowest BCUT2D eigenvalue weighted by Crippen LogP contribution is -2.57. The Bertz CT molecular complexity index is 499. The summed E-state index contributed by atoms with van der Waals surface area (Å²) in [5, 5.41) is 3.95. The number of halogens is 2. The third-order valence-corrected chi connectivity index (χ3v) is 4.80. The predicted octanol–water partition coefficient (Wildman–Crippen LogP) is 2.90. The van der Waals surface area contributed by atoms with Crippen LogP contribution < -0.4 is 5.32 Å². The first-order valence-corrected chi connectivity index (χ1v) is 8.01. The fraction of sp³-hybridized carbons (Fsp3) is 0.533. The minimum Gasteiger partial charge on any atom is -0.314 e. The monoisotopic (exact) mass is 358 g/mol. The van der Waals surface area contributed by atoms with Crippen LogP contribution in [0.15, 0.2) is 22.7 Å². The van der Waals surface area contributed by atoms with E-state index in [9.17, 15) is 4.79 Å². The number of hydrogen-bond acceptors (Lipinski definition) is 3. The molecule has 1 N–H and O–H groups in total. The minimum atomic E-state index is -0.446. The highest BCUT2D eigenvalue weighted by Gasteiger charge is 2.34. The number of benzene rings is 1. The average Bonchev–Trinajstić information content (AvgIpc) is 2.42. The van der Waals surface area contributed by atoms with Gasteiger partial charge < -0.3 is 5.32 Å². The summed E-state index contributed by atoms with van der Waals surface area (Å²) in [5.41, 5.74) is 0.446. The zero-order chi connectivity index (χ0) is 14.8. The van der Waals surface area contributed by atoms with Crippen LogP contribution in [0, 0.1) is 0 Å². The van der Waals surface area contributed by atoms with Gasteiger partial charge in [0.1, 0.15) is 0 Å². The third-order valence-electron chi connectivity index (χ3n) is 3.96. The van der Waals surface area contributed by atoms with Gasteiger partial charge in [-0.2, -0.15) is 0 Å². The van der Waals surface area contributed by atoms with Crippen molar-refractivity contribution in [1.29, 1.82) is 0 Å². The molecule has 1 saturated heterocycles. The van der Waals surface area contributed by atoms with Crippen LogP contribution in [0.3, 0.4) is 0 Å². The molecule has 0 saturated carbocycles. The van der Waals surface area contributed by atoms with Gasteiger partial charge >= 0.3 is 0 Å². The maximum atomic E-state index is 12.6. The van der Waals surface area contributed by atoms with Gasteiger partial charge in [0, 0.05) is 42.1 Å². The van der Waals surface area contributed by atoms with Gasteiger partial charge in [-0.25, -0.2) is 0 Å². The molecule has 3 nitrogen and oxygen atoms in total. The standard InChI is InChI=1S/C15H20BrClN2O/c1-15(2,19-7-5-18-6-8-19)14(20)9-11-3-4-12(16)10-13(11)17/h3-4,10,18H,5-9H2,1-2H3. The predicted molar refractivity (Wildman–Crippen MR) is 86.4 cm³/mol. The molecule has 110 valence electrons. The van der Waals surface area contributed by atoms with Crippen molar-refractivity contribution in [2.24, 2.45) is 0 Å². The Morgan fingerprint density at radius 3 is 2.65 bits per heavy atom. The first-order valence-electron chi connectivity index (χ1n) is 6.84. The molecule has 0 radical (unpaired) electrons. The smallest absolute Gasteiger partial charge is 0.156 e. The highest BCUT2D eigenvalue weighted by Crippen LogP contribution is 2.25. The van der Waals surface area contributed by atoms with Crippen molar-refractivity contribution in [3.63, 3.8) is 0 Å². The van der Waals surface area contributed by atoms with E-state index in [2.05, 4.69) is 26.1 Å². The van der Waals surface area contributed by atoms with Gasteiger partial charge in [-0.05, 0) is 31.5 Å². The molecule has 0 spiro atoms. The Balaban J connectivity index is 2.09. The van der Waals surface area contributed by atoms with Crippen LogP contribution in [0.2, 0.25) is 5.02 Å². The summed E-state index contributed by atoms with van der Waals surface area (Å²) in [4.78, 5) is 14.9. The van der Waals surface area contributed by atoms with Gasteiger partial charge in [0.15, 0.2) is 5.78 Å². The lowest BCUT2D eigenvalue weighted by atomic mass is 9.91. The van der Waals surface area contributed by atoms with Crippen LogP contribution in [0.5, 0.6) is 0 Å². The van der Waals surface area contributed by atoms with Gasteiger partial charge in [0.25, 0.3) is 0 Å². The Morgan fingerprint density at radius 2 is 2.05 bits per heavy atom. The molecule has 0 aromatic heterocycles. The Labute approximate surface area is 133 Å². The first kappa shape index (κ1) is 16.0. The number of hydrogen-bond donors (Lipinski definition) is 1. The summed E-state index contributed by atoms with van der Waals surface area (Å²) in [6, 6.07) is 5.67. The lowest BCUT2D eigenvalue weighted by molar-refractivity contribution is -0.129. The fourth-order valence-electron chi connectivity index (χ4n) is 2.45. The van der Waals surface area contributed by atoms with Crippen molar-refractivity contribution in [2.45, 2.75) is 25.8 Å². The molecule has 2 rings (SSSR count). The second-order valence-electron chi connectivity index (χ2n) is 5.63. The van der Waals surface area contributed by atoms with Crippen LogP contribution >= 0.6 is 27.5 Å². The molecule has 0 bridgehead atoms. The van der Waals surface area contributed by atoms with Crippen molar-refractivity contribution < 1.29 is 4.79 Å². The molecular formula is C15H20BrClN2O. The van der Waals surface area contributed by atoms with E-state index >= 15 is 0 Å². The number of ketones is 1. The second-order valence-corrected chi connectivity index (χ2v) is 6.95. The zero-order valence-electron chi connectivity index (χ0n) is 11.9. The number of Topliss-reactive ketones (excluding diaryl/α,β-unsaturated/α-hetero) is 1. The van der Waals surface area contributed by atoms with Crippen LogP contribution in [0.25, 0.3) is 0 Å². The van der Waals surface area contributed by atoms with Gasteiger partial charge in [0.05, 0.1) is 5.54 Å². The van der Waals surface area contributed by atoms with Crippen molar-refractivity contribution in [2.75, 3.05) is 26.2 Å². The third kappa shape index (κ3) is 3.61. The molecule has 1 heterocycles. The number of nitrogens with zero attached hydrogens (tertiary/aromatic N) is 1. The fourth-order valence-corrected chi connectivity index (χ4v) is 3.19. The molecule has 20 heavy (non-hydrogen) atoms. The number of carbonyl (C=O) groups is 1. The largest absolute Gasteiger partial charge is 0.314 e. The van der Waals surface area contributed by atoms with E-state index in [1.165, 1.54) is 0 Å². The lowest BCUT2D eigenvalue weighted by Gasteiger charge is -2.40. The topological polar surface area (TPSA) is 32.3 Å². The van der Waals surface area contributed by atoms with E-state index in [0.29, 0.717) is 11.4 Å². The van der Waals surface area contributed by atoms with E-state index in [1.54, 1.807) is 0 Å². The highest BCUT2D eigenvalue weighted by atomic mass is 79.9. The molecular weight excluding hydrogens is 340 g/mol. The Hall–Kier alpha value is -0.420. The summed E-state index contributed by atoms with van der Waals surface area (Å²) >= 11 is 9.58. The van der Waals surface area contributed by atoms with Gasteiger partial charge in [-0.1, -0.05) is 33.6 Å². The Morgan fingerprint density at radius 1 is 1.40 bits per heavy atom. The molecule has 1 fully saturated rings. The molecule has 1 aliphatic rings. The van der Waals surface area contributed by atoms with E-state index in [1.807, 2.05) is 32.0 Å². The second kappa shape index (κ2) is 6.56. The number of nitrogens with one attached hydrogen (secondary N) is 1. The normalized spacial score (nSPS) is 17.2. The molecule has 1 aromatic carbocycles. The highest BCUT2D eigenvalue weighted by molar-refractivity contribution is 9.10.